The van der Waals surface area contributed by atoms with Gasteiger partial charge in [-0.15, -0.1) is 0 Å². The largest absolute Gasteiger partial charge is 0.325 e. The van der Waals surface area contributed by atoms with Crippen LogP contribution in [0.2, 0.25) is 0 Å². The second kappa shape index (κ2) is 3.62. The quantitative estimate of drug-likeness (QED) is 0.706. The van der Waals surface area contributed by atoms with Crippen molar-refractivity contribution < 1.29 is 0 Å². The van der Waals surface area contributed by atoms with Gasteiger partial charge >= 0.3 is 0 Å². The van der Waals surface area contributed by atoms with Crippen LogP contribution in [0, 0.1) is 0 Å². The maximum Gasteiger partial charge on any atom is 0.0963 e. The van der Waals surface area contributed by atoms with E-state index in [2.05, 4.69) is 62.4 Å². The SMILES string of the molecule is CC(C)c1cccc2c1ncn2C(C)(C)C. The Kier molecular flexibility index (Phi) is 2.53. The number of para-hydroxylation sites is 1. The lowest BCUT2D eigenvalue weighted by Gasteiger charge is -2.21. The van der Waals surface area contributed by atoms with Crippen LogP contribution in [0.1, 0.15) is 46.1 Å². The number of hydrogen-bond donors (Lipinski definition) is 0. The van der Waals surface area contributed by atoms with Crippen molar-refractivity contribution >= 4 is 11.0 Å². The number of hydrogen-bond acceptors (Lipinski definition) is 1. The molecule has 0 aliphatic rings. The van der Waals surface area contributed by atoms with Gasteiger partial charge in [-0.25, -0.2) is 4.98 Å². The summed E-state index contributed by atoms with van der Waals surface area (Å²) in [7, 11) is 0. The summed E-state index contributed by atoms with van der Waals surface area (Å²) < 4.78 is 2.24. The Morgan fingerprint density at radius 1 is 1.19 bits per heavy atom. The minimum Gasteiger partial charge on any atom is -0.325 e. The molecule has 0 saturated heterocycles. The fourth-order valence-corrected chi connectivity index (χ4v) is 2.06. The molecule has 2 nitrogen and oxygen atoms in total. The molecular weight excluding hydrogens is 196 g/mol. The van der Waals surface area contributed by atoms with E-state index in [-0.39, 0.29) is 5.54 Å². The highest BCUT2D eigenvalue weighted by Crippen LogP contribution is 2.27. The minimum atomic E-state index is 0.0877. The summed E-state index contributed by atoms with van der Waals surface area (Å²) in [5.41, 5.74) is 3.80. The van der Waals surface area contributed by atoms with Crippen molar-refractivity contribution in [3.8, 4) is 0 Å². The molecule has 0 amide bonds. The summed E-state index contributed by atoms with van der Waals surface area (Å²) in [4.78, 5) is 4.57. The molecule has 2 heteroatoms. The number of imidazole rings is 1. The summed E-state index contributed by atoms with van der Waals surface area (Å²) in [6, 6.07) is 6.45. The van der Waals surface area contributed by atoms with Gasteiger partial charge in [-0.2, -0.15) is 0 Å². The van der Waals surface area contributed by atoms with Crippen LogP contribution in [0.15, 0.2) is 24.5 Å². The molecule has 0 bridgehead atoms. The maximum atomic E-state index is 4.57. The predicted octanol–water partition coefficient (Wildman–Crippen LogP) is 3.91. The first-order chi connectivity index (χ1) is 7.41. The number of nitrogens with zero attached hydrogens (tertiary/aromatic N) is 2. The van der Waals surface area contributed by atoms with E-state index in [1.807, 2.05) is 6.33 Å². The third-order valence-corrected chi connectivity index (χ3v) is 2.95. The van der Waals surface area contributed by atoms with Gasteiger partial charge in [0.1, 0.15) is 0 Å². The Morgan fingerprint density at radius 3 is 2.44 bits per heavy atom. The zero-order valence-electron chi connectivity index (χ0n) is 10.8. The Bertz CT molecular complexity index is 501. The van der Waals surface area contributed by atoms with Gasteiger partial charge in [0.05, 0.1) is 17.4 Å². The molecule has 0 aliphatic carbocycles. The topological polar surface area (TPSA) is 17.8 Å². The number of aromatic nitrogens is 2. The monoisotopic (exact) mass is 216 g/mol. The lowest BCUT2D eigenvalue weighted by Crippen LogP contribution is -2.20. The highest BCUT2D eigenvalue weighted by atomic mass is 15.1. The summed E-state index contributed by atoms with van der Waals surface area (Å²) in [5.74, 6) is 0.520. The van der Waals surface area contributed by atoms with Crippen molar-refractivity contribution in [1.29, 1.82) is 0 Å². The van der Waals surface area contributed by atoms with Crippen molar-refractivity contribution in [1.82, 2.24) is 9.55 Å². The summed E-state index contributed by atoms with van der Waals surface area (Å²) in [6.45, 7) is 11.0. The van der Waals surface area contributed by atoms with Crippen molar-refractivity contribution in [3.63, 3.8) is 0 Å². The van der Waals surface area contributed by atoms with Gasteiger partial charge in [-0.1, -0.05) is 26.0 Å². The standard InChI is InChI=1S/C14H20N2/c1-10(2)11-7-6-8-12-13(11)15-9-16(12)14(3,4)5/h6-10H,1-5H3. The molecule has 0 atom stereocenters. The van der Waals surface area contributed by atoms with Crippen LogP contribution in [-0.4, -0.2) is 9.55 Å². The fourth-order valence-electron chi connectivity index (χ4n) is 2.06. The highest BCUT2D eigenvalue weighted by molar-refractivity contribution is 5.79. The average Bonchev–Trinajstić information content (AvgIpc) is 2.59. The molecule has 0 fully saturated rings. The smallest absolute Gasteiger partial charge is 0.0963 e. The molecule has 2 aromatic rings. The van der Waals surface area contributed by atoms with Crippen molar-refractivity contribution in [3.05, 3.63) is 30.1 Å². The van der Waals surface area contributed by atoms with Gasteiger partial charge in [-0.05, 0) is 38.3 Å². The average molecular weight is 216 g/mol. The van der Waals surface area contributed by atoms with Gasteiger partial charge < -0.3 is 4.57 Å². The van der Waals surface area contributed by atoms with Crippen molar-refractivity contribution in [2.45, 2.75) is 46.1 Å². The molecule has 0 radical (unpaired) electrons. The van der Waals surface area contributed by atoms with Crippen LogP contribution in [0.3, 0.4) is 0 Å². The highest BCUT2D eigenvalue weighted by Gasteiger charge is 2.17. The van der Waals surface area contributed by atoms with E-state index in [0.29, 0.717) is 5.92 Å². The fraction of sp³-hybridized carbons (Fsp3) is 0.500. The van der Waals surface area contributed by atoms with Crippen LogP contribution in [0.25, 0.3) is 11.0 Å². The normalized spacial score (nSPS) is 12.6. The molecule has 0 unspecified atom stereocenters. The van der Waals surface area contributed by atoms with E-state index in [1.54, 1.807) is 0 Å². The van der Waals surface area contributed by atoms with E-state index in [9.17, 15) is 0 Å². The Hall–Kier alpha value is -1.31. The molecule has 0 spiro atoms. The molecule has 1 heterocycles. The van der Waals surface area contributed by atoms with E-state index >= 15 is 0 Å². The maximum absolute atomic E-state index is 4.57. The third kappa shape index (κ3) is 1.73. The minimum absolute atomic E-state index is 0.0877. The van der Waals surface area contributed by atoms with Crippen LogP contribution < -0.4 is 0 Å². The van der Waals surface area contributed by atoms with Gasteiger partial charge in [-0.3, -0.25) is 0 Å². The van der Waals surface area contributed by atoms with Crippen LogP contribution >= 0.6 is 0 Å². The van der Waals surface area contributed by atoms with Crippen LogP contribution in [0.4, 0.5) is 0 Å². The number of benzene rings is 1. The Labute approximate surface area is 97.3 Å². The van der Waals surface area contributed by atoms with Crippen molar-refractivity contribution in [2.75, 3.05) is 0 Å². The lowest BCUT2D eigenvalue weighted by atomic mass is 10.0. The molecule has 2 rings (SSSR count). The van der Waals surface area contributed by atoms with Crippen molar-refractivity contribution in [2.24, 2.45) is 0 Å². The molecule has 1 aromatic carbocycles. The first-order valence-corrected chi connectivity index (χ1v) is 5.87. The van der Waals surface area contributed by atoms with E-state index in [0.717, 1.165) is 5.52 Å². The third-order valence-electron chi connectivity index (χ3n) is 2.95. The summed E-state index contributed by atoms with van der Waals surface area (Å²) in [5, 5.41) is 0. The summed E-state index contributed by atoms with van der Waals surface area (Å²) in [6.07, 6.45) is 1.95. The molecular formula is C14H20N2. The van der Waals surface area contributed by atoms with Crippen LogP contribution in [-0.2, 0) is 5.54 Å². The molecule has 86 valence electrons. The second-order valence-electron chi connectivity index (χ2n) is 5.66. The van der Waals surface area contributed by atoms with E-state index in [1.165, 1.54) is 11.1 Å². The lowest BCUT2D eigenvalue weighted by molar-refractivity contribution is 0.408. The Morgan fingerprint density at radius 2 is 1.88 bits per heavy atom. The number of fused-ring (bicyclic) bond motifs is 1. The van der Waals surface area contributed by atoms with E-state index < -0.39 is 0 Å². The van der Waals surface area contributed by atoms with Gasteiger partial charge in [0.15, 0.2) is 0 Å². The zero-order chi connectivity index (χ0) is 11.9. The van der Waals surface area contributed by atoms with Crippen LogP contribution in [0.5, 0.6) is 0 Å². The molecule has 0 aliphatic heterocycles. The second-order valence-corrected chi connectivity index (χ2v) is 5.66. The zero-order valence-corrected chi connectivity index (χ0v) is 10.8. The summed E-state index contributed by atoms with van der Waals surface area (Å²) >= 11 is 0. The van der Waals surface area contributed by atoms with Gasteiger partial charge in [0.2, 0.25) is 0 Å². The first-order valence-electron chi connectivity index (χ1n) is 5.87. The Balaban J connectivity index is 2.71. The molecule has 16 heavy (non-hydrogen) atoms. The molecule has 0 N–H and O–H groups in total. The van der Waals surface area contributed by atoms with E-state index in [4.69, 9.17) is 0 Å². The number of rotatable bonds is 1. The van der Waals surface area contributed by atoms with Gasteiger partial charge in [0, 0.05) is 5.54 Å². The molecule has 1 aromatic heterocycles. The predicted molar refractivity (Wildman–Crippen MR) is 68.8 cm³/mol. The first kappa shape index (κ1) is 11.2. The van der Waals surface area contributed by atoms with Gasteiger partial charge in [0.25, 0.3) is 0 Å². The molecule has 0 saturated carbocycles.